The topological polar surface area (TPSA) is 82.9 Å². The van der Waals surface area contributed by atoms with Crippen molar-refractivity contribution in [3.63, 3.8) is 0 Å². The van der Waals surface area contributed by atoms with Gasteiger partial charge in [0.25, 0.3) is 11.8 Å². The van der Waals surface area contributed by atoms with Crippen molar-refractivity contribution < 1.29 is 19.1 Å². The van der Waals surface area contributed by atoms with Gasteiger partial charge in [-0.1, -0.05) is 27.7 Å². The highest BCUT2D eigenvalue weighted by molar-refractivity contribution is 8.78. The van der Waals surface area contributed by atoms with Crippen LogP contribution in [0.15, 0.2) is 18.2 Å². The third-order valence-electron chi connectivity index (χ3n) is 6.71. The number of amides is 2. The van der Waals surface area contributed by atoms with Crippen molar-refractivity contribution in [2.75, 3.05) is 6.79 Å². The Balaban J connectivity index is 1.53. The molecule has 5 aliphatic heterocycles. The standard InChI is InChI=1S/C20H19N3O4S2/c1-18(9-21)8-20-17(25)22(12-4-5-12)19(2,28-29-20)16(24)23(20)15(18)11-3-6-13-14(7-11)27-10-26-13/h3,6-7,12,15H,4-5,8,10H2,1-2H3/t15-,18+,19?,20?/m0/s1. The van der Waals surface area contributed by atoms with E-state index in [4.69, 9.17) is 9.47 Å². The number of nitrogens with zero attached hydrogens (tertiary/aromatic N) is 3. The van der Waals surface area contributed by atoms with Crippen LogP contribution in [-0.2, 0) is 9.59 Å². The molecule has 0 radical (unpaired) electrons. The molecule has 2 bridgehead atoms. The first kappa shape index (κ1) is 17.8. The number of hydrogen-bond donors (Lipinski definition) is 0. The van der Waals surface area contributed by atoms with Crippen LogP contribution in [0.1, 0.15) is 44.7 Å². The summed E-state index contributed by atoms with van der Waals surface area (Å²) in [5.41, 5.74) is -0.0896. The van der Waals surface area contributed by atoms with E-state index in [1.165, 1.54) is 21.6 Å². The van der Waals surface area contributed by atoms with Gasteiger partial charge in [0.1, 0.15) is 0 Å². The molecule has 0 aromatic heterocycles. The minimum Gasteiger partial charge on any atom is -0.454 e. The van der Waals surface area contributed by atoms with E-state index >= 15 is 0 Å². The first-order valence-corrected chi connectivity index (χ1v) is 11.8. The van der Waals surface area contributed by atoms with Crippen molar-refractivity contribution in [2.45, 2.75) is 54.9 Å². The molecule has 2 amide bonds. The Labute approximate surface area is 176 Å². The molecule has 1 aromatic rings. The van der Waals surface area contributed by atoms with E-state index in [1.54, 1.807) is 4.90 Å². The van der Waals surface area contributed by atoms with Crippen LogP contribution in [0, 0.1) is 16.7 Å². The highest BCUT2D eigenvalue weighted by atomic mass is 33.1. The predicted octanol–water partition coefficient (Wildman–Crippen LogP) is 3.03. The minimum atomic E-state index is -1.03. The Morgan fingerprint density at radius 3 is 2.59 bits per heavy atom. The molecule has 1 saturated carbocycles. The average molecular weight is 430 g/mol. The Morgan fingerprint density at radius 1 is 1.10 bits per heavy atom. The van der Waals surface area contributed by atoms with Gasteiger partial charge < -0.3 is 19.3 Å². The molecule has 4 saturated heterocycles. The molecule has 0 N–H and O–H groups in total. The largest absolute Gasteiger partial charge is 0.454 e. The van der Waals surface area contributed by atoms with E-state index in [2.05, 4.69) is 6.07 Å². The molecule has 1 spiro atoms. The lowest BCUT2D eigenvalue weighted by Gasteiger charge is -2.58. The quantitative estimate of drug-likeness (QED) is 0.668. The molecule has 5 heterocycles. The molecule has 7 nitrogen and oxygen atoms in total. The maximum absolute atomic E-state index is 13.8. The summed E-state index contributed by atoms with van der Waals surface area (Å²) in [6.07, 6.45) is 2.20. The fourth-order valence-corrected chi connectivity index (χ4v) is 8.79. The van der Waals surface area contributed by atoms with E-state index in [1.807, 2.05) is 36.9 Å². The smallest absolute Gasteiger partial charge is 0.261 e. The van der Waals surface area contributed by atoms with Crippen molar-refractivity contribution in [2.24, 2.45) is 5.41 Å². The highest BCUT2D eigenvalue weighted by Crippen LogP contribution is 2.70. The summed E-state index contributed by atoms with van der Waals surface area (Å²) in [5, 5.41) is 10.2. The van der Waals surface area contributed by atoms with E-state index in [-0.39, 0.29) is 24.6 Å². The summed E-state index contributed by atoms with van der Waals surface area (Å²) in [6.45, 7) is 3.87. The van der Waals surface area contributed by atoms with Crippen LogP contribution in [0.4, 0.5) is 0 Å². The Bertz CT molecular complexity index is 1020. The van der Waals surface area contributed by atoms with E-state index in [9.17, 15) is 14.9 Å². The van der Waals surface area contributed by atoms with E-state index < -0.39 is 21.2 Å². The van der Waals surface area contributed by atoms with Gasteiger partial charge in [0.15, 0.2) is 21.2 Å². The average Bonchev–Trinajstić information content (AvgIpc) is 3.34. The van der Waals surface area contributed by atoms with Gasteiger partial charge >= 0.3 is 0 Å². The number of hydrogen-bond acceptors (Lipinski definition) is 7. The lowest BCUT2D eigenvalue weighted by molar-refractivity contribution is -0.166. The van der Waals surface area contributed by atoms with Gasteiger partial charge in [-0.15, -0.1) is 0 Å². The van der Waals surface area contributed by atoms with Gasteiger partial charge in [-0.25, -0.2) is 0 Å². The highest BCUT2D eigenvalue weighted by Gasteiger charge is 2.76. The minimum absolute atomic E-state index is 0.0180. The van der Waals surface area contributed by atoms with Crippen LogP contribution in [0.3, 0.4) is 0 Å². The van der Waals surface area contributed by atoms with Gasteiger partial charge in [-0.3, -0.25) is 9.59 Å². The Morgan fingerprint density at radius 2 is 1.86 bits per heavy atom. The molecule has 1 aliphatic carbocycles. The second-order valence-corrected chi connectivity index (χ2v) is 11.5. The van der Waals surface area contributed by atoms with Crippen LogP contribution in [0.25, 0.3) is 0 Å². The van der Waals surface area contributed by atoms with Gasteiger partial charge in [-0.05, 0) is 44.4 Å². The molecule has 7 rings (SSSR count). The van der Waals surface area contributed by atoms with Crippen molar-refractivity contribution in [3.05, 3.63) is 23.8 Å². The zero-order valence-corrected chi connectivity index (χ0v) is 17.6. The second-order valence-electron chi connectivity index (χ2n) is 8.74. The summed E-state index contributed by atoms with van der Waals surface area (Å²) in [6, 6.07) is 7.61. The zero-order chi connectivity index (χ0) is 20.2. The third-order valence-corrected chi connectivity index (χ3v) is 10.3. The number of nitriles is 1. The number of piperazine rings is 1. The normalized spacial score (nSPS) is 39.7. The van der Waals surface area contributed by atoms with E-state index in [0.717, 1.165) is 18.4 Å². The zero-order valence-electron chi connectivity index (χ0n) is 16.0. The van der Waals surface area contributed by atoms with Crippen molar-refractivity contribution in [3.8, 4) is 17.6 Å². The SMILES string of the molecule is CC12SSC3(C[C@](C)(C#N)[C@H](c4ccc5c(c4)OCO5)N3C1=O)C(=O)N2C1CC1. The number of carbonyl (C=O) groups is 2. The second kappa shape index (κ2) is 5.35. The number of carbonyl (C=O) groups excluding carboxylic acids is 2. The molecule has 9 heteroatoms. The van der Waals surface area contributed by atoms with Gasteiger partial charge in [-0.2, -0.15) is 5.26 Å². The van der Waals surface area contributed by atoms with E-state index in [0.29, 0.717) is 17.9 Å². The molecule has 150 valence electrons. The lowest BCUT2D eigenvalue weighted by atomic mass is 9.79. The van der Waals surface area contributed by atoms with Crippen molar-refractivity contribution in [1.29, 1.82) is 5.26 Å². The number of benzene rings is 1. The fraction of sp³-hybridized carbons (Fsp3) is 0.550. The predicted molar refractivity (Wildman–Crippen MR) is 107 cm³/mol. The molecule has 5 fully saturated rings. The van der Waals surface area contributed by atoms with Crippen LogP contribution >= 0.6 is 21.6 Å². The van der Waals surface area contributed by atoms with Crippen LogP contribution in [0.5, 0.6) is 11.5 Å². The molecular formula is C20H19N3O4S2. The summed E-state index contributed by atoms with van der Waals surface area (Å²) in [4.78, 5) is 29.1. The van der Waals surface area contributed by atoms with Crippen molar-refractivity contribution >= 4 is 33.4 Å². The van der Waals surface area contributed by atoms with Crippen LogP contribution in [0.2, 0.25) is 0 Å². The summed E-state index contributed by atoms with van der Waals surface area (Å²) < 4.78 is 10.9. The summed E-state index contributed by atoms with van der Waals surface area (Å²) in [7, 11) is 2.93. The number of rotatable bonds is 2. The third kappa shape index (κ3) is 2.01. The van der Waals surface area contributed by atoms with Gasteiger partial charge in [0.2, 0.25) is 6.79 Å². The summed E-state index contributed by atoms with van der Waals surface area (Å²) in [5.74, 6) is 1.17. The Hall–Kier alpha value is -2.05. The molecule has 29 heavy (non-hydrogen) atoms. The first-order valence-electron chi connectivity index (χ1n) is 9.69. The van der Waals surface area contributed by atoms with Crippen LogP contribution in [-0.4, -0.2) is 44.2 Å². The molecule has 2 unspecified atom stereocenters. The first-order chi connectivity index (χ1) is 13.8. The van der Waals surface area contributed by atoms with Gasteiger partial charge in [0.05, 0.1) is 17.5 Å². The monoisotopic (exact) mass is 429 g/mol. The van der Waals surface area contributed by atoms with Gasteiger partial charge in [0, 0.05) is 12.5 Å². The number of ether oxygens (including phenoxy) is 2. The summed E-state index contributed by atoms with van der Waals surface area (Å²) >= 11 is 0. The molecular weight excluding hydrogens is 410 g/mol. The maximum Gasteiger partial charge on any atom is 0.261 e. The number of fused-ring (bicyclic) bond motifs is 3. The van der Waals surface area contributed by atoms with Crippen molar-refractivity contribution in [1.82, 2.24) is 9.80 Å². The maximum atomic E-state index is 13.8. The lowest BCUT2D eigenvalue weighted by Crippen LogP contribution is -2.75. The molecule has 4 atom stereocenters. The molecule has 1 aromatic carbocycles. The molecule has 6 aliphatic rings. The van der Waals surface area contributed by atoms with Crippen LogP contribution < -0.4 is 9.47 Å². The Kier molecular flexibility index (Phi) is 3.28. The fourth-order valence-electron chi connectivity index (χ4n) is 5.22.